The van der Waals surface area contributed by atoms with Gasteiger partial charge < -0.3 is 0 Å². The van der Waals surface area contributed by atoms with E-state index in [4.69, 9.17) is 0 Å². The molecule has 0 atom stereocenters. The second-order valence-corrected chi connectivity index (χ2v) is 5.35. The third-order valence-corrected chi connectivity index (χ3v) is 3.69. The van der Waals surface area contributed by atoms with Crippen LogP contribution in [0.15, 0.2) is 53.4 Å². The van der Waals surface area contributed by atoms with E-state index in [0.29, 0.717) is 5.92 Å². The van der Waals surface area contributed by atoms with Gasteiger partial charge in [0.1, 0.15) is 0 Å². The van der Waals surface area contributed by atoms with Crippen LogP contribution in [0, 0.1) is 0 Å². The monoisotopic (exact) mass is 242 g/mol. The molecule has 0 N–H and O–H groups in total. The molecule has 2 aromatic rings. The van der Waals surface area contributed by atoms with Gasteiger partial charge in [-0.25, -0.2) is 0 Å². The van der Waals surface area contributed by atoms with Crippen LogP contribution in [-0.2, 0) is 0 Å². The summed E-state index contributed by atoms with van der Waals surface area (Å²) in [5, 5.41) is 0. The van der Waals surface area contributed by atoms with Crippen LogP contribution < -0.4 is 0 Å². The summed E-state index contributed by atoms with van der Waals surface area (Å²) in [4.78, 5) is 1.32. The molecule has 17 heavy (non-hydrogen) atoms. The Kier molecular flexibility index (Phi) is 3.90. The van der Waals surface area contributed by atoms with E-state index in [-0.39, 0.29) is 0 Å². The van der Waals surface area contributed by atoms with Gasteiger partial charge in [0.05, 0.1) is 0 Å². The molecular formula is C16H18S. The summed E-state index contributed by atoms with van der Waals surface area (Å²) < 4.78 is 0. The first-order valence-electron chi connectivity index (χ1n) is 5.95. The maximum absolute atomic E-state index is 2.27. The van der Waals surface area contributed by atoms with Crippen molar-refractivity contribution in [2.24, 2.45) is 0 Å². The third kappa shape index (κ3) is 2.73. The average Bonchev–Trinajstić information content (AvgIpc) is 2.39. The van der Waals surface area contributed by atoms with Gasteiger partial charge in [-0.1, -0.05) is 50.2 Å². The molecule has 0 fully saturated rings. The smallest absolute Gasteiger partial charge is 0.00752 e. The molecule has 0 nitrogen and oxygen atoms in total. The Morgan fingerprint density at radius 2 is 1.71 bits per heavy atom. The van der Waals surface area contributed by atoms with Gasteiger partial charge in [0.25, 0.3) is 0 Å². The first-order valence-corrected chi connectivity index (χ1v) is 7.18. The molecule has 0 radical (unpaired) electrons. The van der Waals surface area contributed by atoms with Crippen molar-refractivity contribution < 1.29 is 0 Å². The van der Waals surface area contributed by atoms with Gasteiger partial charge in [-0.2, -0.15) is 0 Å². The Morgan fingerprint density at radius 1 is 0.941 bits per heavy atom. The second-order valence-electron chi connectivity index (χ2n) is 4.47. The molecule has 2 aromatic carbocycles. The largest absolute Gasteiger partial charge is 0.130 e. The number of benzene rings is 2. The van der Waals surface area contributed by atoms with Gasteiger partial charge in [-0.15, -0.1) is 11.8 Å². The molecule has 1 heteroatoms. The Hall–Kier alpha value is -1.21. The lowest BCUT2D eigenvalue weighted by molar-refractivity contribution is 0.869. The molecule has 2 rings (SSSR count). The minimum absolute atomic E-state index is 0.559. The van der Waals surface area contributed by atoms with Crippen molar-refractivity contribution in [2.75, 3.05) is 6.26 Å². The van der Waals surface area contributed by atoms with Crippen LogP contribution in [0.1, 0.15) is 25.3 Å². The first-order chi connectivity index (χ1) is 8.22. The highest BCUT2D eigenvalue weighted by Gasteiger charge is 2.07. The Morgan fingerprint density at radius 3 is 2.41 bits per heavy atom. The molecule has 0 saturated heterocycles. The Balaban J connectivity index is 2.52. The van der Waals surface area contributed by atoms with Crippen LogP contribution in [-0.4, -0.2) is 6.26 Å². The predicted octanol–water partition coefficient (Wildman–Crippen LogP) is 5.20. The lowest BCUT2D eigenvalue weighted by Crippen LogP contribution is -1.91. The van der Waals surface area contributed by atoms with Crippen LogP contribution in [0.2, 0.25) is 0 Å². The quantitative estimate of drug-likeness (QED) is 0.667. The standard InChI is InChI=1S/C16H18S/c1-12(2)15-9-4-5-10-16(15)13-7-6-8-14(11-13)17-3/h4-12H,1-3H3. The molecule has 0 unspecified atom stereocenters. The van der Waals surface area contributed by atoms with E-state index in [1.807, 2.05) is 0 Å². The van der Waals surface area contributed by atoms with Gasteiger partial charge >= 0.3 is 0 Å². The minimum atomic E-state index is 0.559. The van der Waals surface area contributed by atoms with Gasteiger partial charge in [0.2, 0.25) is 0 Å². The summed E-state index contributed by atoms with van der Waals surface area (Å²) in [5.74, 6) is 0.559. The highest BCUT2D eigenvalue weighted by molar-refractivity contribution is 7.98. The number of hydrogen-bond donors (Lipinski definition) is 0. The van der Waals surface area contributed by atoms with Crippen molar-refractivity contribution in [1.29, 1.82) is 0 Å². The molecular weight excluding hydrogens is 224 g/mol. The fraction of sp³-hybridized carbons (Fsp3) is 0.250. The molecule has 0 saturated carbocycles. The van der Waals surface area contributed by atoms with E-state index in [9.17, 15) is 0 Å². The number of rotatable bonds is 3. The minimum Gasteiger partial charge on any atom is -0.130 e. The second kappa shape index (κ2) is 5.42. The van der Waals surface area contributed by atoms with E-state index < -0.39 is 0 Å². The molecule has 0 aliphatic carbocycles. The molecule has 0 spiro atoms. The molecule has 88 valence electrons. The zero-order chi connectivity index (χ0) is 12.3. The maximum Gasteiger partial charge on any atom is 0.00752 e. The summed E-state index contributed by atoms with van der Waals surface area (Å²) >= 11 is 1.79. The van der Waals surface area contributed by atoms with E-state index >= 15 is 0 Å². The van der Waals surface area contributed by atoms with Crippen molar-refractivity contribution in [3.8, 4) is 11.1 Å². The van der Waals surface area contributed by atoms with Crippen LogP contribution in [0.25, 0.3) is 11.1 Å². The molecule has 0 aromatic heterocycles. The van der Waals surface area contributed by atoms with Crippen LogP contribution >= 0.6 is 11.8 Å². The molecule has 0 heterocycles. The normalized spacial score (nSPS) is 10.8. The van der Waals surface area contributed by atoms with Crippen LogP contribution in [0.3, 0.4) is 0 Å². The fourth-order valence-electron chi connectivity index (χ4n) is 2.05. The molecule has 0 amide bonds. The highest BCUT2D eigenvalue weighted by Crippen LogP contribution is 2.30. The average molecular weight is 242 g/mol. The third-order valence-electron chi connectivity index (χ3n) is 2.96. The Labute approximate surface area is 108 Å². The molecule has 0 aliphatic heterocycles. The first kappa shape index (κ1) is 12.3. The lowest BCUT2D eigenvalue weighted by atomic mass is 9.93. The zero-order valence-electron chi connectivity index (χ0n) is 10.6. The van der Waals surface area contributed by atoms with Gasteiger partial charge in [0, 0.05) is 4.90 Å². The van der Waals surface area contributed by atoms with Crippen molar-refractivity contribution in [2.45, 2.75) is 24.7 Å². The SMILES string of the molecule is CSc1cccc(-c2ccccc2C(C)C)c1. The van der Waals surface area contributed by atoms with Crippen molar-refractivity contribution in [3.63, 3.8) is 0 Å². The highest BCUT2D eigenvalue weighted by atomic mass is 32.2. The van der Waals surface area contributed by atoms with Gasteiger partial charge in [-0.3, -0.25) is 0 Å². The van der Waals surface area contributed by atoms with Gasteiger partial charge in [0.15, 0.2) is 0 Å². The lowest BCUT2D eigenvalue weighted by Gasteiger charge is -2.13. The van der Waals surface area contributed by atoms with Crippen molar-refractivity contribution in [1.82, 2.24) is 0 Å². The summed E-state index contributed by atoms with van der Waals surface area (Å²) in [7, 11) is 0. The van der Waals surface area contributed by atoms with Crippen LogP contribution in [0.5, 0.6) is 0 Å². The number of thioether (sulfide) groups is 1. The predicted molar refractivity (Wildman–Crippen MR) is 77.7 cm³/mol. The van der Waals surface area contributed by atoms with E-state index in [0.717, 1.165) is 0 Å². The number of hydrogen-bond acceptors (Lipinski definition) is 1. The molecule has 0 aliphatic rings. The summed E-state index contributed by atoms with van der Waals surface area (Å²) in [6, 6.07) is 17.4. The fourth-order valence-corrected chi connectivity index (χ4v) is 2.51. The van der Waals surface area contributed by atoms with Crippen molar-refractivity contribution >= 4 is 11.8 Å². The van der Waals surface area contributed by atoms with E-state index in [1.54, 1.807) is 11.8 Å². The van der Waals surface area contributed by atoms with E-state index in [1.165, 1.54) is 21.6 Å². The van der Waals surface area contributed by atoms with Crippen molar-refractivity contribution in [3.05, 3.63) is 54.1 Å². The topological polar surface area (TPSA) is 0 Å². The summed E-state index contributed by atoms with van der Waals surface area (Å²) in [6.07, 6.45) is 2.12. The Bertz CT molecular complexity index is 500. The molecule has 0 bridgehead atoms. The van der Waals surface area contributed by atoms with Crippen LogP contribution in [0.4, 0.5) is 0 Å². The summed E-state index contributed by atoms with van der Waals surface area (Å²) in [5.41, 5.74) is 4.10. The summed E-state index contributed by atoms with van der Waals surface area (Å²) in [6.45, 7) is 4.49. The van der Waals surface area contributed by atoms with Gasteiger partial charge in [-0.05, 0) is 41.0 Å². The maximum atomic E-state index is 2.27. The zero-order valence-corrected chi connectivity index (χ0v) is 11.4. The van der Waals surface area contributed by atoms with E-state index in [2.05, 4.69) is 68.6 Å².